The standard InChI is InChI=1S/C71H85F7N8O8/c1-80(31-13-21-64(88)85-42-40-82(41-43-85)32-12-4-7-20-63(87)81(2)38-39-83-33-26-58(27-34-83)94-67(91)79-61-19-11-9-17-59(61)51-14-5-3-6-15-51)65(89)48-92-62-46-52-16-8-10-18-60(52)68(62)28-35-84(36-29-68)37-30-69(54-22-24-57(72)25-23-54)49-86(50-93-69)66(90)53-44-55(70(73,74)75)47-56(45-53)71(76,77)78/h3,5-6,8-11,14-19,22-25,44-45,47,58,62H,4,7,12-13,20-21,26-43,46,48-50H2,1-2H3,(H,79,91)/t62-,69-/m0/s1. The van der Waals surface area contributed by atoms with Gasteiger partial charge in [0.15, 0.2) is 0 Å². The van der Waals surface area contributed by atoms with Gasteiger partial charge in [-0.2, -0.15) is 26.3 Å². The van der Waals surface area contributed by atoms with Gasteiger partial charge in [0.25, 0.3) is 5.91 Å². The Morgan fingerprint density at radius 3 is 1.98 bits per heavy atom. The maximum absolute atomic E-state index is 14.2. The molecule has 0 unspecified atom stereocenters. The number of ether oxygens (including phenoxy) is 3. The number of amides is 5. The predicted octanol–water partition coefficient (Wildman–Crippen LogP) is 11.3. The summed E-state index contributed by atoms with van der Waals surface area (Å²) < 4.78 is 115. The summed E-state index contributed by atoms with van der Waals surface area (Å²) in [5.41, 5.74) is -0.198. The minimum atomic E-state index is -5.15. The van der Waals surface area contributed by atoms with E-state index in [1.165, 1.54) is 29.8 Å². The van der Waals surface area contributed by atoms with Gasteiger partial charge in [0.2, 0.25) is 17.7 Å². The molecule has 1 aliphatic carbocycles. The summed E-state index contributed by atoms with van der Waals surface area (Å²) in [5.74, 6) is -1.59. The first-order chi connectivity index (χ1) is 45.1. The molecular formula is C71H85F7N8O8. The van der Waals surface area contributed by atoms with Crippen LogP contribution in [0, 0.1) is 5.82 Å². The second kappa shape index (κ2) is 31.0. The molecule has 5 aromatic rings. The number of carbonyl (C=O) groups is 5. The zero-order valence-corrected chi connectivity index (χ0v) is 53.5. The van der Waals surface area contributed by atoms with Gasteiger partial charge in [0, 0.05) is 109 Å². The number of nitrogens with zero attached hydrogens (tertiary/aromatic N) is 7. The van der Waals surface area contributed by atoms with Crippen LogP contribution in [0.5, 0.6) is 0 Å². The molecule has 0 saturated carbocycles. The highest BCUT2D eigenvalue weighted by Crippen LogP contribution is 2.48. The number of hydrogen-bond donors (Lipinski definition) is 1. The Hall–Kier alpha value is -7.44. The van der Waals surface area contributed by atoms with E-state index in [9.17, 15) is 54.7 Å². The van der Waals surface area contributed by atoms with Gasteiger partial charge in [0.05, 0.1) is 29.5 Å². The number of halogens is 7. The van der Waals surface area contributed by atoms with Crippen molar-refractivity contribution < 1.29 is 68.9 Å². The number of para-hydroxylation sites is 1. The van der Waals surface area contributed by atoms with Crippen molar-refractivity contribution in [2.45, 2.75) is 113 Å². The molecule has 23 heteroatoms. The van der Waals surface area contributed by atoms with Crippen molar-refractivity contribution in [3.8, 4) is 11.1 Å². The van der Waals surface area contributed by atoms with Crippen molar-refractivity contribution >= 4 is 35.4 Å². The molecule has 4 aliphatic heterocycles. The predicted molar refractivity (Wildman–Crippen MR) is 341 cm³/mol. The van der Waals surface area contributed by atoms with Crippen LogP contribution < -0.4 is 5.32 Å². The average Bonchev–Trinajstić information content (AvgIpc) is 1.58. The monoisotopic (exact) mass is 1310 g/mol. The third kappa shape index (κ3) is 17.5. The van der Waals surface area contributed by atoms with E-state index in [-0.39, 0.29) is 55.6 Å². The van der Waals surface area contributed by atoms with E-state index in [1.54, 1.807) is 11.9 Å². The molecule has 10 rings (SSSR count). The van der Waals surface area contributed by atoms with E-state index < -0.39 is 64.6 Å². The molecule has 16 nitrogen and oxygen atoms in total. The van der Waals surface area contributed by atoms with Gasteiger partial charge in [-0.25, -0.2) is 9.18 Å². The highest BCUT2D eigenvalue weighted by atomic mass is 19.4. The van der Waals surface area contributed by atoms with E-state index in [4.69, 9.17) is 14.2 Å². The normalized spacial score (nSPS) is 19.7. The number of unbranched alkanes of at least 4 members (excludes halogenated alkanes) is 2. The van der Waals surface area contributed by atoms with Gasteiger partial charge < -0.3 is 43.6 Å². The van der Waals surface area contributed by atoms with Crippen LogP contribution in [0.2, 0.25) is 0 Å². The molecule has 2 atom stereocenters. The van der Waals surface area contributed by atoms with Crippen LogP contribution >= 0.6 is 0 Å². The first-order valence-electron chi connectivity index (χ1n) is 32.8. The maximum Gasteiger partial charge on any atom is 0.416 e. The quantitative estimate of drug-likeness (QED) is 0.0465. The lowest BCUT2D eigenvalue weighted by molar-refractivity contribution is -0.143. The number of nitrogens with one attached hydrogen (secondary N) is 1. The maximum atomic E-state index is 14.2. The first kappa shape index (κ1) is 69.4. The molecule has 4 saturated heterocycles. The molecule has 5 aliphatic rings. The summed E-state index contributed by atoms with van der Waals surface area (Å²) in [6, 6.07) is 32.0. The lowest BCUT2D eigenvalue weighted by Gasteiger charge is -2.44. The molecule has 4 fully saturated rings. The van der Waals surface area contributed by atoms with Gasteiger partial charge >= 0.3 is 18.4 Å². The molecule has 4 heterocycles. The zero-order chi connectivity index (χ0) is 66.6. The minimum absolute atomic E-state index is 0.0266. The highest BCUT2D eigenvalue weighted by Gasteiger charge is 2.50. The van der Waals surface area contributed by atoms with Crippen LogP contribution in [0.25, 0.3) is 11.1 Å². The largest absolute Gasteiger partial charge is 0.446 e. The number of rotatable bonds is 24. The fraction of sp³-hybridized carbons (Fsp3) is 0.507. The van der Waals surface area contributed by atoms with Crippen LogP contribution in [0.3, 0.4) is 0 Å². The second-order valence-electron chi connectivity index (χ2n) is 25.7. The highest BCUT2D eigenvalue weighted by molar-refractivity contribution is 5.95. The fourth-order valence-corrected chi connectivity index (χ4v) is 13.9. The van der Waals surface area contributed by atoms with Crippen molar-refractivity contribution in [2.75, 3.05) is 124 Å². The Kier molecular flexibility index (Phi) is 22.9. The lowest BCUT2D eigenvalue weighted by atomic mass is 9.72. The van der Waals surface area contributed by atoms with Crippen LogP contribution in [0.15, 0.2) is 121 Å². The van der Waals surface area contributed by atoms with Crippen molar-refractivity contribution in [2.24, 2.45) is 0 Å². The molecule has 0 bridgehead atoms. The summed E-state index contributed by atoms with van der Waals surface area (Å²) in [5, 5.41) is 2.93. The number of piperidine rings is 2. The summed E-state index contributed by atoms with van der Waals surface area (Å²) in [7, 11) is 3.58. The van der Waals surface area contributed by atoms with Crippen molar-refractivity contribution in [3.05, 3.63) is 161 Å². The smallest absolute Gasteiger partial charge is 0.416 e. The lowest BCUT2D eigenvalue weighted by Crippen LogP contribution is -2.50. The molecule has 0 radical (unpaired) electrons. The number of fused-ring (bicyclic) bond motifs is 2. The van der Waals surface area contributed by atoms with Gasteiger partial charge in [-0.3, -0.25) is 29.4 Å². The van der Waals surface area contributed by atoms with E-state index in [0.717, 1.165) is 93.0 Å². The van der Waals surface area contributed by atoms with Crippen LogP contribution in [0.4, 0.5) is 41.2 Å². The molecule has 506 valence electrons. The molecule has 1 spiro atoms. The number of likely N-dealkylation sites (N-methyl/N-ethyl adjacent to an activating group) is 2. The van der Waals surface area contributed by atoms with Crippen LogP contribution in [-0.2, 0) is 58.4 Å². The number of likely N-dealkylation sites (tertiary alicyclic amines) is 2. The number of alkyl halides is 6. The van der Waals surface area contributed by atoms with E-state index in [1.807, 2.05) is 83.6 Å². The Morgan fingerprint density at radius 1 is 0.638 bits per heavy atom. The van der Waals surface area contributed by atoms with Crippen molar-refractivity contribution in [1.29, 1.82) is 0 Å². The van der Waals surface area contributed by atoms with Gasteiger partial charge in [-0.15, -0.1) is 0 Å². The van der Waals surface area contributed by atoms with Crippen LogP contribution in [0.1, 0.15) is 109 Å². The van der Waals surface area contributed by atoms with Gasteiger partial charge in [-0.1, -0.05) is 91.3 Å². The molecule has 94 heavy (non-hydrogen) atoms. The Balaban J connectivity index is 0.596. The number of anilines is 1. The summed E-state index contributed by atoms with van der Waals surface area (Å²) in [4.78, 5) is 79.9. The first-order valence-corrected chi connectivity index (χ1v) is 32.8. The van der Waals surface area contributed by atoms with Gasteiger partial charge in [-0.05, 0) is 136 Å². The number of hydrogen-bond acceptors (Lipinski definition) is 11. The van der Waals surface area contributed by atoms with E-state index in [0.29, 0.717) is 108 Å². The topological polar surface area (TPSA) is 148 Å². The number of piperazine rings is 1. The molecular weight excluding hydrogens is 1230 g/mol. The summed E-state index contributed by atoms with van der Waals surface area (Å²) in [6.45, 7) is 7.99. The van der Waals surface area contributed by atoms with Gasteiger partial charge in [0.1, 0.15) is 30.9 Å². The van der Waals surface area contributed by atoms with Crippen molar-refractivity contribution in [1.82, 2.24) is 34.3 Å². The van der Waals surface area contributed by atoms with Crippen LogP contribution in [-0.4, -0.2) is 195 Å². The van der Waals surface area contributed by atoms with E-state index in [2.05, 4.69) is 32.1 Å². The third-order valence-corrected chi connectivity index (χ3v) is 19.6. The van der Waals surface area contributed by atoms with Crippen molar-refractivity contribution in [3.63, 3.8) is 0 Å². The SMILES string of the molecule is CN(CCN1CCC(OC(=O)Nc2ccccc2-c2ccccc2)CC1)C(=O)CCCCCN1CCN(C(=O)CCCN(C)C(=O)CO[C@H]2Cc3ccccc3C23CCN(CC[C@@]2(c4ccc(F)cc4)CN(C(=O)c4cc(C(F)(F)F)cc(C(F)(F)F)c4)CO2)CC3)CC1. The third-order valence-electron chi connectivity index (χ3n) is 19.6. The summed E-state index contributed by atoms with van der Waals surface area (Å²) >= 11 is 0. The Morgan fingerprint density at radius 2 is 1.28 bits per heavy atom. The molecule has 5 amide bonds. The minimum Gasteiger partial charge on any atom is -0.446 e. The average molecular weight is 1310 g/mol. The zero-order valence-electron chi connectivity index (χ0n) is 53.5. The Bertz CT molecular complexity index is 3360. The number of carbonyl (C=O) groups excluding carboxylic acids is 5. The second-order valence-corrected chi connectivity index (χ2v) is 25.7. The van der Waals surface area contributed by atoms with E-state index >= 15 is 0 Å². The molecule has 0 aromatic heterocycles. The Labute approximate surface area is 545 Å². The molecule has 5 aromatic carbocycles. The fourth-order valence-electron chi connectivity index (χ4n) is 13.9. The number of benzene rings is 5. The summed E-state index contributed by atoms with van der Waals surface area (Å²) in [6.07, 6.45) is -3.47. The molecule has 1 N–H and O–H groups in total.